The molecule has 6 nitrogen and oxygen atoms in total. The van der Waals surface area contributed by atoms with Gasteiger partial charge in [0.15, 0.2) is 0 Å². The predicted octanol–water partition coefficient (Wildman–Crippen LogP) is 0.180. The van der Waals surface area contributed by atoms with E-state index in [4.69, 9.17) is 0 Å². The van der Waals surface area contributed by atoms with E-state index in [-0.39, 0.29) is 1.43 Å². The van der Waals surface area contributed by atoms with Crippen LogP contribution < -0.4 is 9.97 Å². The van der Waals surface area contributed by atoms with Gasteiger partial charge in [0.25, 0.3) is 0 Å². The molecule has 3 rings (SSSR count). The first kappa shape index (κ1) is 10.7. The van der Waals surface area contributed by atoms with Gasteiger partial charge in [-0.15, -0.1) is 0 Å². The summed E-state index contributed by atoms with van der Waals surface area (Å²) in [7, 11) is 0. The van der Waals surface area contributed by atoms with Crippen molar-refractivity contribution in [1.82, 2.24) is 19.9 Å². The number of aromatic nitrogens is 6. The Bertz CT molecular complexity index is 252. The van der Waals surface area contributed by atoms with Gasteiger partial charge in [0, 0.05) is 12.4 Å². The van der Waals surface area contributed by atoms with Crippen molar-refractivity contribution in [2.75, 3.05) is 0 Å². The molecule has 6 heteroatoms. The molecule has 15 heavy (non-hydrogen) atoms. The van der Waals surface area contributed by atoms with Crippen LogP contribution in [0.2, 0.25) is 0 Å². The molecule has 78 valence electrons. The summed E-state index contributed by atoms with van der Waals surface area (Å²) in [5.74, 6) is 0. The lowest BCUT2D eigenvalue weighted by Crippen LogP contribution is -1.87. The summed E-state index contributed by atoms with van der Waals surface area (Å²) in [4.78, 5) is 17.6. The van der Waals surface area contributed by atoms with Crippen molar-refractivity contribution < 1.29 is 11.4 Å². The zero-order valence-corrected chi connectivity index (χ0v) is 8.14. The molecular weight excluding hydrogens is 192 g/mol. The molecule has 0 fully saturated rings. The van der Waals surface area contributed by atoms with Crippen LogP contribution in [0.1, 0.15) is 1.43 Å². The molecule has 0 unspecified atom stereocenters. The smallest absolute Gasteiger partial charge is 0.351 e. The summed E-state index contributed by atoms with van der Waals surface area (Å²) in [5, 5.41) is 0. The number of nitrogens with zero attached hydrogens (tertiary/aromatic N) is 1. The SMILES string of the molecule is [H+].c1c[nH+]c[nH]1.c1c[nH+]c[nH]1.c1c[nH]cn1. The van der Waals surface area contributed by atoms with Crippen molar-refractivity contribution in [2.24, 2.45) is 0 Å². The molecule has 0 atom stereocenters. The van der Waals surface area contributed by atoms with E-state index in [1.165, 1.54) is 0 Å². The first-order valence-electron chi connectivity index (χ1n) is 4.40. The molecule has 0 spiro atoms. The monoisotopic (exact) mass is 207 g/mol. The topological polar surface area (TPSA) is 88.5 Å². The van der Waals surface area contributed by atoms with Crippen LogP contribution in [0.25, 0.3) is 0 Å². The van der Waals surface area contributed by atoms with Gasteiger partial charge in [0.2, 0.25) is 12.7 Å². The van der Waals surface area contributed by atoms with Gasteiger partial charge in [-0.2, -0.15) is 0 Å². The average molecular weight is 207 g/mol. The Balaban J connectivity index is 0.000000205. The van der Waals surface area contributed by atoms with Crippen LogP contribution in [0.15, 0.2) is 56.2 Å². The van der Waals surface area contributed by atoms with Gasteiger partial charge in [0.05, 0.1) is 6.33 Å². The first-order chi connectivity index (χ1) is 7.50. The third-order valence-electron chi connectivity index (χ3n) is 1.29. The second-order valence-electron chi connectivity index (χ2n) is 2.38. The average Bonchev–Trinajstić information content (AvgIpc) is 3.09. The fraction of sp³-hybridized carbons (Fsp3) is 0. The van der Waals surface area contributed by atoms with Crippen LogP contribution in [-0.4, -0.2) is 19.9 Å². The fourth-order valence-electron chi connectivity index (χ4n) is 0.696. The van der Waals surface area contributed by atoms with Crippen molar-refractivity contribution >= 4 is 0 Å². The van der Waals surface area contributed by atoms with Gasteiger partial charge in [-0.3, -0.25) is 19.9 Å². The summed E-state index contributed by atoms with van der Waals surface area (Å²) in [5.41, 5.74) is 0. The molecule has 3 heterocycles. The van der Waals surface area contributed by atoms with Crippen LogP contribution in [0.5, 0.6) is 0 Å². The summed E-state index contributed by atoms with van der Waals surface area (Å²) in [6, 6.07) is 0. The Morgan fingerprint density at radius 3 is 1.67 bits per heavy atom. The highest BCUT2D eigenvalue weighted by atomic mass is 14.8. The van der Waals surface area contributed by atoms with Crippen LogP contribution in [0.4, 0.5) is 0 Å². The highest BCUT2D eigenvalue weighted by molar-refractivity contribution is 4.64. The normalized spacial score (nSPS) is 8.00. The minimum atomic E-state index is 0. The van der Waals surface area contributed by atoms with Crippen molar-refractivity contribution in [2.45, 2.75) is 0 Å². The van der Waals surface area contributed by atoms with Crippen LogP contribution in [0, 0.1) is 0 Å². The summed E-state index contributed by atoms with van der Waals surface area (Å²) >= 11 is 0. The molecule has 5 N–H and O–H groups in total. The van der Waals surface area contributed by atoms with Crippen molar-refractivity contribution in [3.8, 4) is 0 Å². The molecule has 0 radical (unpaired) electrons. The van der Waals surface area contributed by atoms with E-state index in [1.54, 1.807) is 31.4 Å². The van der Waals surface area contributed by atoms with Crippen LogP contribution in [0.3, 0.4) is 0 Å². The number of hydrogen-bond acceptors (Lipinski definition) is 1. The van der Waals surface area contributed by atoms with Crippen molar-refractivity contribution in [1.29, 1.82) is 0 Å². The molecule has 3 aromatic heterocycles. The molecule has 3 aromatic rings. The molecule has 0 aliphatic heterocycles. The van der Waals surface area contributed by atoms with Gasteiger partial charge in [-0.25, -0.2) is 4.98 Å². The Labute approximate surface area is 88.3 Å². The summed E-state index contributed by atoms with van der Waals surface area (Å²) < 4.78 is 0. The van der Waals surface area contributed by atoms with E-state index < -0.39 is 0 Å². The van der Waals surface area contributed by atoms with Gasteiger partial charge < -0.3 is 4.98 Å². The highest BCUT2D eigenvalue weighted by Gasteiger charge is 1.65. The number of imidazole rings is 3. The quantitative estimate of drug-likeness (QED) is 0.482. The minimum absolute atomic E-state index is 0. The third-order valence-corrected chi connectivity index (χ3v) is 1.29. The zero-order chi connectivity index (χ0) is 10.6. The number of nitrogens with one attached hydrogen (secondary N) is 5. The van der Waals surface area contributed by atoms with E-state index in [0.29, 0.717) is 0 Å². The zero-order valence-electron chi connectivity index (χ0n) is 9.14. The lowest BCUT2D eigenvalue weighted by molar-refractivity contribution is -0.376. The molecule has 0 aromatic carbocycles. The summed E-state index contributed by atoms with van der Waals surface area (Å²) in [6.45, 7) is 0. The molecular formula is C9H15N6+3. The highest BCUT2D eigenvalue weighted by Crippen LogP contribution is 1.62. The Morgan fingerprint density at radius 2 is 1.53 bits per heavy atom. The van der Waals surface area contributed by atoms with Crippen molar-refractivity contribution in [3.63, 3.8) is 0 Å². The number of H-pyrrole nitrogens is 5. The fourth-order valence-corrected chi connectivity index (χ4v) is 0.696. The maximum atomic E-state index is 3.67. The number of aromatic amines is 5. The van der Waals surface area contributed by atoms with E-state index in [0.717, 1.165) is 0 Å². The second kappa shape index (κ2) is 8.24. The van der Waals surface area contributed by atoms with E-state index in [2.05, 4.69) is 29.9 Å². The number of rotatable bonds is 0. The third kappa shape index (κ3) is 6.76. The standard InChI is InChI=1S/3C3H4N2/c3*1-2-5-3-4-1/h3*1-3H,(H,4,5)/p+3. The Hall–Kier alpha value is -2.37. The largest absolute Gasteiger partial charge is 1.00 e. The maximum Gasteiger partial charge on any atom is 1.00 e. The maximum absolute atomic E-state index is 3.67. The molecule has 0 amide bonds. The molecule has 0 aliphatic carbocycles. The van der Waals surface area contributed by atoms with Gasteiger partial charge in [-0.1, -0.05) is 0 Å². The minimum Gasteiger partial charge on any atom is -0.351 e. The van der Waals surface area contributed by atoms with E-state index in [1.807, 2.05) is 24.8 Å². The molecule has 0 saturated heterocycles. The first-order valence-corrected chi connectivity index (χ1v) is 4.40. The molecule has 0 saturated carbocycles. The van der Waals surface area contributed by atoms with Crippen LogP contribution in [-0.2, 0) is 0 Å². The predicted molar refractivity (Wildman–Crippen MR) is 54.4 cm³/mol. The Morgan fingerprint density at radius 1 is 0.867 bits per heavy atom. The molecule has 0 bridgehead atoms. The number of hydrogen-bond donors (Lipinski definition) is 3. The molecule has 0 aliphatic rings. The van der Waals surface area contributed by atoms with E-state index >= 15 is 0 Å². The van der Waals surface area contributed by atoms with E-state index in [9.17, 15) is 0 Å². The van der Waals surface area contributed by atoms with Crippen molar-refractivity contribution in [3.05, 3.63) is 56.2 Å². The lowest BCUT2D eigenvalue weighted by atomic mass is 11.0. The van der Waals surface area contributed by atoms with Crippen LogP contribution >= 0.6 is 0 Å². The summed E-state index contributed by atoms with van der Waals surface area (Å²) in [6.07, 6.45) is 15.9. The van der Waals surface area contributed by atoms with Gasteiger partial charge >= 0.3 is 1.43 Å². The van der Waals surface area contributed by atoms with Gasteiger partial charge in [-0.05, 0) is 0 Å². The van der Waals surface area contributed by atoms with Gasteiger partial charge in [0.1, 0.15) is 24.8 Å². The Kier molecular flexibility index (Phi) is 5.88. The lowest BCUT2D eigenvalue weighted by Gasteiger charge is -1.46. The second-order valence-corrected chi connectivity index (χ2v) is 2.38.